The molecule has 0 saturated carbocycles. The van der Waals surface area contributed by atoms with E-state index in [2.05, 4.69) is 20.3 Å². The summed E-state index contributed by atoms with van der Waals surface area (Å²) in [5.74, 6) is -2.22. The number of hydrogen-bond donors (Lipinski definition) is 3. The number of ether oxygens (including phenoxy) is 1. The molecule has 2 amide bonds. The average Bonchev–Trinajstić information content (AvgIpc) is 3.07. The van der Waals surface area contributed by atoms with E-state index in [1.165, 1.54) is 17.8 Å². The maximum absolute atomic E-state index is 13.5. The third kappa shape index (κ3) is 8.09. The predicted molar refractivity (Wildman–Crippen MR) is 120 cm³/mol. The summed E-state index contributed by atoms with van der Waals surface area (Å²) in [6.45, 7) is 4.10. The first-order chi connectivity index (χ1) is 14.5. The molecule has 0 bridgehead atoms. The van der Waals surface area contributed by atoms with Crippen LogP contribution >= 0.6 is 23.1 Å². The Balaban J connectivity index is 2.08. The van der Waals surface area contributed by atoms with Gasteiger partial charge in [0.05, 0.1) is 35.0 Å². The molecule has 9 nitrogen and oxygen atoms in total. The second kappa shape index (κ2) is 10.9. The fourth-order valence-electron chi connectivity index (χ4n) is 2.17. The van der Waals surface area contributed by atoms with Crippen LogP contribution in [0.3, 0.4) is 0 Å². The number of amides is 2. The topological polar surface area (TPSA) is 126 Å². The molecular weight excluding hydrogens is 467 g/mol. The first-order valence-electron chi connectivity index (χ1n) is 9.01. The Morgan fingerprint density at radius 3 is 2.55 bits per heavy atom. The molecule has 170 valence electrons. The number of hydrogen-bond acceptors (Lipinski definition) is 8. The highest BCUT2D eigenvalue weighted by Crippen LogP contribution is 2.31. The van der Waals surface area contributed by atoms with E-state index in [0.29, 0.717) is 16.5 Å². The van der Waals surface area contributed by atoms with E-state index in [9.17, 15) is 22.4 Å². The average molecular weight is 491 g/mol. The molecule has 0 unspecified atom stereocenters. The van der Waals surface area contributed by atoms with E-state index in [4.69, 9.17) is 4.74 Å². The van der Waals surface area contributed by atoms with Crippen LogP contribution in [0, 0.1) is 11.7 Å². The van der Waals surface area contributed by atoms with Gasteiger partial charge in [-0.05, 0) is 24.3 Å². The van der Waals surface area contributed by atoms with E-state index in [0.717, 1.165) is 29.7 Å². The van der Waals surface area contributed by atoms with Gasteiger partial charge in [-0.3, -0.25) is 14.9 Å². The van der Waals surface area contributed by atoms with Crippen molar-refractivity contribution in [2.45, 2.75) is 24.6 Å². The molecule has 2 aromatic rings. The summed E-state index contributed by atoms with van der Waals surface area (Å²) in [4.78, 5) is 28.8. The number of anilines is 2. The molecular formula is C18H23FN4O5S3. The lowest BCUT2D eigenvalue weighted by molar-refractivity contribution is -0.133. The van der Waals surface area contributed by atoms with Crippen LogP contribution in [0.1, 0.15) is 19.5 Å². The maximum Gasteiger partial charge on any atom is 0.315 e. The first-order valence-corrected chi connectivity index (χ1v) is 12.9. The van der Waals surface area contributed by atoms with Gasteiger partial charge < -0.3 is 10.1 Å². The zero-order chi connectivity index (χ0) is 23.2. The van der Waals surface area contributed by atoms with Crippen molar-refractivity contribution >= 4 is 55.8 Å². The van der Waals surface area contributed by atoms with E-state index < -0.39 is 27.7 Å². The molecule has 0 saturated heterocycles. The van der Waals surface area contributed by atoms with Gasteiger partial charge in [-0.15, -0.1) is 11.8 Å². The van der Waals surface area contributed by atoms with E-state index in [1.807, 2.05) is 13.8 Å². The molecule has 0 spiro atoms. The minimum Gasteiger partial charge on any atom is -0.491 e. The highest BCUT2D eigenvalue weighted by Gasteiger charge is 2.20. The number of nitrogens with one attached hydrogen (secondary N) is 3. The molecule has 0 fully saturated rings. The van der Waals surface area contributed by atoms with Gasteiger partial charge in [-0.1, -0.05) is 25.2 Å². The number of thioether (sulfide) groups is 1. The molecule has 0 aliphatic carbocycles. The molecule has 13 heteroatoms. The minimum atomic E-state index is -3.41. The van der Waals surface area contributed by atoms with Crippen LogP contribution in [-0.2, 0) is 26.2 Å². The lowest BCUT2D eigenvalue weighted by Gasteiger charge is -2.13. The zero-order valence-corrected chi connectivity index (χ0v) is 19.8. The molecule has 1 aromatic carbocycles. The van der Waals surface area contributed by atoms with Crippen LogP contribution in [-0.4, -0.2) is 44.3 Å². The van der Waals surface area contributed by atoms with E-state index in [1.54, 1.807) is 6.26 Å². The van der Waals surface area contributed by atoms with Crippen molar-refractivity contribution in [1.29, 1.82) is 0 Å². The second-order valence-electron chi connectivity index (χ2n) is 6.80. The number of benzene rings is 1. The maximum atomic E-state index is 13.5. The second-order valence-corrected chi connectivity index (χ2v) is 10.7. The van der Waals surface area contributed by atoms with Gasteiger partial charge in [0.2, 0.25) is 10.0 Å². The number of nitrogens with zero attached hydrogens (tertiary/aromatic N) is 1. The number of halogens is 1. The quantitative estimate of drug-likeness (QED) is 0.364. The van der Waals surface area contributed by atoms with Crippen molar-refractivity contribution in [1.82, 2.24) is 9.71 Å². The van der Waals surface area contributed by atoms with Gasteiger partial charge >= 0.3 is 11.8 Å². The fraction of sp³-hybridized carbons (Fsp3) is 0.389. The third-order valence-corrected chi connectivity index (χ3v) is 6.37. The number of carbonyl (C=O) groups is 2. The predicted octanol–water partition coefficient (Wildman–Crippen LogP) is 2.67. The van der Waals surface area contributed by atoms with Gasteiger partial charge in [-0.2, -0.15) is 0 Å². The summed E-state index contributed by atoms with van der Waals surface area (Å²) in [6, 6.07) is 3.57. The molecule has 1 aromatic heterocycles. The lowest BCUT2D eigenvalue weighted by Crippen LogP contribution is -2.29. The van der Waals surface area contributed by atoms with Crippen LogP contribution in [0.15, 0.2) is 22.4 Å². The fourth-order valence-corrected chi connectivity index (χ4v) is 4.20. The molecule has 31 heavy (non-hydrogen) atoms. The van der Waals surface area contributed by atoms with Crippen molar-refractivity contribution in [3.63, 3.8) is 0 Å². The van der Waals surface area contributed by atoms with Crippen molar-refractivity contribution in [2.75, 3.05) is 29.8 Å². The number of sulfonamides is 1. The SMILES string of the molecule is CSc1sc(NC(=O)C(=O)Nc2ccc(F)cc2OCC(C)C)nc1CNS(C)(=O)=O. The number of rotatable bonds is 9. The molecule has 0 radical (unpaired) electrons. The van der Waals surface area contributed by atoms with Crippen LogP contribution in [0.4, 0.5) is 15.2 Å². The molecule has 0 aliphatic heterocycles. The summed E-state index contributed by atoms with van der Waals surface area (Å²) in [7, 11) is -3.41. The summed E-state index contributed by atoms with van der Waals surface area (Å²) in [6.07, 6.45) is 2.81. The zero-order valence-electron chi connectivity index (χ0n) is 17.3. The van der Waals surface area contributed by atoms with Gasteiger partial charge in [0.25, 0.3) is 0 Å². The summed E-state index contributed by atoms with van der Waals surface area (Å²) >= 11 is 2.44. The number of thiazole rings is 1. The summed E-state index contributed by atoms with van der Waals surface area (Å²) in [5.41, 5.74) is 0.589. The third-order valence-electron chi connectivity index (χ3n) is 3.54. The van der Waals surface area contributed by atoms with Gasteiger partial charge in [0.15, 0.2) is 5.13 Å². The van der Waals surface area contributed by atoms with E-state index >= 15 is 0 Å². The molecule has 0 aliphatic rings. The Kier molecular flexibility index (Phi) is 8.79. The Labute approximate surface area is 188 Å². The van der Waals surface area contributed by atoms with Crippen molar-refractivity contribution in [2.24, 2.45) is 5.92 Å². The normalized spacial score (nSPS) is 11.4. The van der Waals surface area contributed by atoms with Crippen molar-refractivity contribution in [3.8, 4) is 5.75 Å². The number of aromatic nitrogens is 1. The molecule has 2 rings (SSSR count). The van der Waals surface area contributed by atoms with Crippen molar-refractivity contribution in [3.05, 3.63) is 29.7 Å². The van der Waals surface area contributed by atoms with Crippen LogP contribution in [0.25, 0.3) is 0 Å². The highest BCUT2D eigenvalue weighted by atomic mass is 32.2. The number of carbonyl (C=O) groups excluding carboxylic acids is 2. The molecule has 1 heterocycles. The molecule has 3 N–H and O–H groups in total. The van der Waals surface area contributed by atoms with Crippen LogP contribution < -0.4 is 20.1 Å². The first kappa shape index (κ1) is 25.0. The van der Waals surface area contributed by atoms with E-state index in [-0.39, 0.29) is 29.0 Å². The summed E-state index contributed by atoms with van der Waals surface area (Å²) < 4.78 is 44.6. The Hall–Kier alpha value is -2.22. The van der Waals surface area contributed by atoms with Gasteiger partial charge in [-0.25, -0.2) is 22.5 Å². The largest absolute Gasteiger partial charge is 0.491 e. The smallest absolute Gasteiger partial charge is 0.315 e. The summed E-state index contributed by atoms with van der Waals surface area (Å²) in [5, 5.41) is 4.93. The van der Waals surface area contributed by atoms with Gasteiger partial charge in [0.1, 0.15) is 11.6 Å². The Morgan fingerprint density at radius 1 is 1.26 bits per heavy atom. The Morgan fingerprint density at radius 2 is 1.94 bits per heavy atom. The minimum absolute atomic E-state index is 0.0420. The molecule has 0 atom stereocenters. The standard InChI is InChI=1S/C18H23FN4O5S3/c1-10(2)9-28-14-7-11(19)5-6-12(14)21-15(24)16(25)23-18-22-13(17(29-3)30-18)8-20-31(4,26)27/h5-7,10,20H,8-9H2,1-4H3,(H,21,24)(H,22,23,25). The monoisotopic (exact) mass is 490 g/mol. The van der Waals surface area contributed by atoms with Crippen LogP contribution in [0.5, 0.6) is 5.75 Å². The highest BCUT2D eigenvalue weighted by molar-refractivity contribution is 8.00. The Bertz CT molecular complexity index is 1060. The van der Waals surface area contributed by atoms with Crippen LogP contribution in [0.2, 0.25) is 0 Å². The van der Waals surface area contributed by atoms with Crippen molar-refractivity contribution < 1.29 is 27.1 Å². The van der Waals surface area contributed by atoms with Gasteiger partial charge in [0, 0.05) is 6.07 Å². The lowest BCUT2D eigenvalue weighted by atomic mass is 10.2.